The summed E-state index contributed by atoms with van der Waals surface area (Å²) in [6.45, 7) is 2.04. The number of imidazole rings is 1. The number of morpholine rings is 1. The topological polar surface area (TPSA) is 104 Å². The highest BCUT2D eigenvalue weighted by Crippen LogP contribution is 2.28. The Labute approximate surface area is 184 Å². The van der Waals surface area contributed by atoms with Crippen LogP contribution in [0.25, 0.3) is 22.5 Å². The van der Waals surface area contributed by atoms with E-state index in [0.717, 1.165) is 11.3 Å². The summed E-state index contributed by atoms with van der Waals surface area (Å²) in [4.78, 5) is 18.8. The van der Waals surface area contributed by atoms with Gasteiger partial charge in [-0.25, -0.2) is 9.50 Å². The second-order valence-corrected chi connectivity index (χ2v) is 7.76. The van der Waals surface area contributed by atoms with Crippen molar-refractivity contribution in [1.29, 1.82) is 5.26 Å². The highest BCUT2D eigenvalue weighted by atomic mass is 16.5. The molecule has 0 radical (unpaired) electrons. The standard InChI is InChI=1S/C24H21N5O3/c25-14-16-1-3-17(4-2-16)21-15-26-23-8-7-20(27-29(21)23)18-5-6-19(22(30)13-18)24(31)28-9-11-32-12-10-28/h1,3-8,13,15-16,30H,2,9-12H2. The van der Waals surface area contributed by atoms with E-state index in [9.17, 15) is 9.90 Å². The number of aromatic hydroxyl groups is 1. The third kappa shape index (κ3) is 3.63. The molecular formula is C24H21N5O3. The van der Waals surface area contributed by atoms with Gasteiger partial charge in [0.05, 0.1) is 48.3 Å². The second kappa shape index (κ2) is 8.29. The molecule has 1 N–H and O–H groups in total. The fraction of sp³-hybridized carbons (Fsp3) is 0.250. The Balaban J connectivity index is 1.45. The van der Waals surface area contributed by atoms with E-state index in [-0.39, 0.29) is 23.1 Å². The summed E-state index contributed by atoms with van der Waals surface area (Å²) >= 11 is 0. The molecule has 160 valence electrons. The van der Waals surface area contributed by atoms with Gasteiger partial charge in [-0.3, -0.25) is 4.79 Å². The number of phenolic OH excluding ortho intramolecular Hbond substituents is 1. The average molecular weight is 427 g/mol. The lowest BCUT2D eigenvalue weighted by molar-refractivity contribution is 0.0301. The predicted octanol–water partition coefficient (Wildman–Crippen LogP) is 3.06. The smallest absolute Gasteiger partial charge is 0.257 e. The number of hydrogen-bond donors (Lipinski definition) is 1. The van der Waals surface area contributed by atoms with Crippen molar-refractivity contribution in [2.45, 2.75) is 6.42 Å². The van der Waals surface area contributed by atoms with E-state index in [1.165, 1.54) is 0 Å². The zero-order chi connectivity index (χ0) is 22.1. The maximum atomic E-state index is 12.7. The number of fused-ring (bicyclic) bond motifs is 1. The Kier molecular flexibility index (Phi) is 5.17. The first kappa shape index (κ1) is 20.0. The normalized spacial score (nSPS) is 18.4. The second-order valence-electron chi connectivity index (χ2n) is 7.76. The molecule has 1 unspecified atom stereocenters. The van der Waals surface area contributed by atoms with Crippen LogP contribution in [0.2, 0.25) is 0 Å². The summed E-state index contributed by atoms with van der Waals surface area (Å²) in [6, 6.07) is 10.9. The fourth-order valence-corrected chi connectivity index (χ4v) is 3.94. The molecule has 0 bridgehead atoms. The number of rotatable bonds is 3. The molecule has 1 aromatic carbocycles. The van der Waals surface area contributed by atoms with Crippen LogP contribution in [-0.2, 0) is 4.74 Å². The lowest BCUT2D eigenvalue weighted by Crippen LogP contribution is -2.40. The van der Waals surface area contributed by atoms with E-state index in [0.29, 0.717) is 49.6 Å². The monoisotopic (exact) mass is 427 g/mol. The Bertz CT molecular complexity index is 1290. The van der Waals surface area contributed by atoms with Gasteiger partial charge in [-0.05, 0) is 36.3 Å². The van der Waals surface area contributed by atoms with Gasteiger partial charge < -0.3 is 14.7 Å². The van der Waals surface area contributed by atoms with Gasteiger partial charge >= 0.3 is 0 Å². The van der Waals surface area contributed by atoms with Crippen LogP contribution in [0.5, 0.6) is 5.75 Å². The van der Waals surface area contributed by atoms with Gasteiger partial charge in [-0.2, -0.15) is 10.4 Å². The molecule has 3 aromatic rings. The van der Waals surface area contributed by atoms with Crippen LogP contribution in [-0.4, -0.2) is 56.8 Å². The largest absolute Gasteiger partial charge is 0.507 e. The molecule has 1 aliphatic heterocycles. The van der Waals surface area contributed by atoms with Crippen molar-refractivity contribution in [3.63, 3.8) is 0 Å². The van der Waals surface area contributed by atoms with Crippen LogP contribution >= 0.6 is 0 Å². The molecule has 1 atom stereocenters. The number of hydrogen-bond acceptors (Lipinski definition) is 6. The third-order valence-corrected chi connectivity index (χ3v) is 5.75. The van der Waals surface area contributed by atoms with Gasteiger partial charge in [0.1, 0.15) is 5.75 Å². The zero-order valence-corrected chi connectivity index (χ0v) is 17.3. The van der Waals surface area contributed by atoms with Crippen LogP contribution in [0.15, 0.2) is 54.8 Å². The first-order chi connectivity index (χ1) is 15.6. The molecule has 1 amide bonds. The molecule has 8 heteroatoms. The van der Waals surface area contributed by atoms with Gasteiger partial charge in [0.25, 0.3) is 5.91 Å². The van der Waals surface area contributed by atoms with E-state index in [1.807, 2.05) is 30.4 Å². The molecule has 1 saturated heterocycles. The summed E-state index contributed by atoms with van der Waals surface area (Å²) < 4.78 is 7.04. The van der Waals surface area contributed by atoms with Crippen molar-refractivity contribution in [2.75, 3.05) is 26.3 Å². The van der Waals surface area contributed by atoms with Crippen LogP contribution in [0.4, 0.5) is 0 Å². The average Bonchev–Trinajstić information content (AvgIpc) is 3.27. The maximum Gasteiger partial charge on any atom is 0.257 e. The van der Waals surface area contributed by atoms with E-state index < -0.39 is 0 Å². The number of carbonyl (C=O) groups is 1. The first-order valence-electron chi connectivity index (χ1n) is 10.5. The number of allylic oxidation sites excluding steroid dienone is 4. The lowest BCUT2D eigenvalue weighted by Gasteiger charge is -2.27. The van der Waals surface area contributed by atoms with Crippen LogP contribution in [0.1, 0.15) is 22.5 Å². The van der Waals surface area contributed by atoms with Crippen molar-refractivity contribution in [1.82, 2.24) is 19.5 Å². The van der Waals surface area contributed by atoms with Crippen molar-refractivity contribution < 1.29 is 14.6 Å². The zero-order valence-electron chi connectivity index (χ0n) is 17.3. The van der Waals surface area contributed by atoms with E-state index in [2.05, 4.69) is 11.1 Å². The van der Waals surface area contributed by atoms with Gasteiger partial charge in [0.2, 0.25) is 0 Å². The maximum absolute atomic E-state index is 12.7. The molecule has 2 aromatic heterocycles. The van der Waals surface area contributed by atoms with E-state index >= 15 is 0 Å². The molecule has 1 aliphatic carbocycles. The molecular weight excluding hydrogens is 406 g/mol. The van der Waals surface area contributed by atoms with Gasteiger partial charge in [0.15, 0.2) is 5.65 Å². The van der Waals surface area contributed by atoms with Crippen LogP contribution in [0, 0.1) is 17.2 Å². The Morgan fingerprint density at radius 1 is 1.22 bits per heavy atom. The summed E-state index contributed by atoms with van der Waals surface area (Å²) in [5, 5.41) is 24.4. The number of ether oxygens (including phenoxy) is 1. The van der Waals surface area contributed by atoms with Crippen molar-refractivity contribution in [3.8, 4) is 23.1 Å². The molecule has 8 nitrogen and oxygen atoms in total. The number of nitriles is 1. The summed E-state index contributed by atoms with van der Waals surface area (Å²) in [5.74, 6) is -0.389. The minimum Gasteiger partial charge on any atom is -0.507 e. The number of nitrogens with zero attached hydrogens (tertiary/aromatic N) is 5. The third-order valence-electron chi connectivity index (χ3n) is 5.75. The highest BCUT2D eigenvalue weighted by molar-refractivity contribution is 5.97. The number of aromatic nitrogens is 3. The Morgan fingerprint density at radius 2 is 2.06 bits per heavy atom. The Morgan fingerprint density at radius 3 is 2.78 bits per heavy atom. The van der Waals surface area contributed by atoms with Crippen LogP contribution < -0.4 is 0 Å². The number of carbonyl (C=O) groups excluding carboxylic acids is 1. The molecule has 32 heavy (non-hydrogen) atoms. The summed E-state index contributed by atoms with van der Waals surface area (Å²) in [7, 11) is 0. The molecule has 1 fully saturated rings. The number of benzene rings is 1. The first-order valence-corrected chi connectivity index (χ1v) is 10.5. The molecule has 2 aliphatic rings. The molecule has 0 spiro atoms. The van der Waals surface area contributed by atoms with E-state index in [4.69, 9.17) is 15.1 Å². The van der Waals surface area contributed by atoms with Gasteiger partial charge in [-0.1, -0.05) is 24.3 Å². The van der Waals surface area contributed by atoms with Gasteiger partial charge in [0, 0.05) is 18.7 Å². The van der Waals surface area contributed by atoms with Crippen molar-refractivity contribution >= 4 is 17.1 Å². The molecule has 5 rings (SSSR count). The lowest BCUT2D eigenvalue weighted by atomic mass is 9.97. The molecule has 3 heterocycles. The fourth-order valence-electron chi connectivity index (χ4n) is 3.94. The SMILES string of the molecule is N#CC1C=CC(c2cnc3ccc(-c4ccc(C(=O)N5CCOCC5)c(O)c4)nn23)=CC1. The predicted molar refractivity (Wildman–Crippen MR) is 118 cm³/mol. The van der Waals surface area contributed by atoms with Crippen LogP contribution in [0.3, 0.4) is 0 Å². The summed E-state index contributed by atoms with van der Waals surface area (Å²) in [5.41, 5.74) is 4.10. The number of amides is 1. The van der Waals surface area contributed by atoms with Crippen molar-refractivity contribution in [2.24, 2.45) is 5.92 Å². The van der Waals surface area contributed by atoms with Crippen molar-refractivity contribution in [3.05, 3.63) is 66.0 Å². The molecule has 0 saturated carbocycles. The minimum atomic E-state index is -0.204. The quantitative estimate of drug-likeness (QED) is 0.689. The number of phenols is 1. The minimum absolute atomic E-state index is 0.0767. The van der Waals surface area contributed by atoms with E-state index in [1.54, 1.807) is 33.8 Å². The Hall–Kier alpha value is -3.96. The van der Waals surface area contributed by atoms with Gasteiger partial charge in [-0.15, -0.1) is 0 Å². The summed E-state index contributed by atoms with van der Waals surface area (Å²) in [6.07, 6.45) is 8.25. The highest BCUT2D eigenvalue weighted by Gasteiger charge is 2.22.